The van der Waals surface area contributed by atoms with Crippen molar-refractivity contribution in [2.24, 2.45) is 5.92 Å². The first-order valence-corrected chi connectivity index (χ1v) is 9.32. The quantitative estimate of drug-likeness (QED) is 0.873. The van der Waals surface area contributed by atoms with Crippen LogP contribution in [0, 0.1) is 12.8 Å². The van der Waals surface area contributed by atoms with Crippen LogP contribution >= 0.6 is 0 Å². The Balaban J connectivity index is 1.37. The van der Waals surface area contributed by atoms with E-state index in [4.69, 9.17) is 0 Å². The first-order valence-electron chi connectivity index (χ1n) is 9.32. The maximum Gasteiger partial charge on any atom is 0.251 e. The molecule has 0 atom stereocenters. The van der Waals surface area contributed by atoms with Crippen LogP contribution in [0.25, 0.3) is 0 Å². The first-order chi connectivity index (χ1) is 12.2. The zero-order chi connectivity index (χ0) is 17.5. The molecule has 1 heterocycles. The Morgan fingerprint density at radius 1 is 1.04 bits per heavy atom. The van der Waals surface area contributed by atoms with Crippen molar-refractivity contribution in [2.75, 3.05) is 26.2 Å². The highest BCUT2D eigenvalue weighted by atomic mass is 16.1. The second-order valence-corrected chi connectivity index (χ2v) is 7.05. The fourth-order valence-electron chi connectivity index (χ4n) is 3.61. The monoisotopic (exact) mass is 336 g/mol. The molecule has 0 aromatic heterocycles. The Morgan fingerprint density at radius 3 is 2.44 bits per heavy atom. The van der Waals surface area contributed by atoms with Crippen LogP contribution in [0.1, 0.15) is 34.3 Å². The number of rotatable bonds is 6. The summed E-state index contributed by atoms with van der Waals surface area (Å²) in [6.07, 6.45) is 3.69. The van der Waals surface area contributed by atoms with E-state index < -0.39 is 0 Å². The van der Waals surface area contributed by atoms with E-state index in [0.29, 0.717) is 0 Å². The highest BCUT2D eigenvalue weighted by Gasteiger charge is 2.19. The lowest BCUT2D eigenvalue weighted by molar-refractivity contribution is 0.0943. The highest BCUT2D eigenvalue weighted by Crippen LogP contribution is 2.21. The van der Waals surface area contributed by atoms with E-state index in [2.05, 4.69) is 40.5 Å². The van der Waals surface area contributed by atoms with Crippen molar-refractivity contribution in [2.45, 2.75) is 26.2 Å². The standard InChI is InChI=1S/C22H28N2O/c1-18-7-5-6-10-21(18)22(25)23-13-16-24-14-11-20(12-15-24)17-19-8-3-2-4-9-19/h2-10,20H,11-17H2,1H3,(H,23,25). The number of carbonyl (C=O) groups excluding carboxylic acids is 1. The summed E-state index contributed by atoms with van der Waals surface area (Å²) in [6, 6.07) is 18.5. The van der Waals surface area contributed by atoms with E-state index in [9.17, 15) is 4.79 Å². The molecule has 3 heteroatoms. The molecular formula is C22H28N2O. The maximum absolute atomic E-state index is 12.2. The van der Waals surface area contributed by atoms with E-state index >= 15 is 0 Å². The number of amides is 1. The number of aryl methyl sites for hydroxylation is 1. The van der Waals surface area contributed by atoms with E-state index in [1.165, 1.54) is 24.8 Å². The van der Waals surface area contributed by atoms with Gasteiger partial charge in [0.05, 0.1) is 0 Å². The van der Waals surface area contributed by atoms with Crippen molar-refractivity contribution in [3.05, 3.63) is 71.3 Å². The smallest absolute Gasteiger partial charge is 0.251 e. The van der Waals surface area contributed by atoms with Gasteiger partial charge in [0.2, 0.25) is 0 Å². The summed E-state index contributed by atoms with van der Waals surface area (Å²) >= 11 is 0. The Hall–Kier alpha value is -2.13. The van der Waals surface area contributed by atoms with E-state index in [1.54, 1.807) is 0 Å². The number of benzene rings is 2. The topological polar surface area (TPSA) is 32.3 Å². The van der Waals surface area contributed by atoms with Gasteiger partial charge in [-0.3, -0.25) is 4.79 Å². The molecule has 0 spiro atoms. The van der Waals surface area contributed by atoms with Crippen LogP contribution in [0.15, 0.2) is 54.6 Å². The van der Waals surface area contributed by atoms with Gasteiger partial charge in [-0.25, -0.2) is 0 Å². The molecule has 1 N–H and O–H groups in total. The maximum atomic E-state index is 12.2. The minimum absolute atomic E-state index is 0.0389. The van der Waals surface area contributed by atoms with Gasteiger partial charge < -0.3 is 10.2 Å². The van der Waals surface area contributed by atoms with Crippen LogP contribution in [0.5, 0.6) is 0 Å². The number of carbonyl (C=O) groups is 1. The molecule has 132 valence electrons. The Bertz CT molecular complexity index is 675. The molecule has 0 radical (unpaired) electrons. The zero-order valence-electron chi connectivity index (χ0n) is 15.1. The van der Waals surface area contributed by atoms with Gasteiger partial charge >= 0.3 is 0 Å². The molecular weight excluding hydrogens is 308 g/mol. The molecule has 2 aromatic rings. The molecule has 1 aliphatic heterocycles. The number of piperidine rings is 1. The SMILES string of the molecule is Cc1ccccc1C(=O)NCCN1CCC(Cc2ccccc2)CC1. The summed E-state index contributed by atoms with van der Waals surface area (Å²) in [5.74, 6) is 0.831. The second kappa shape index (κ2) is 8.82. The average molecular weight is 336 g/mol. The van der Waals surface area contributed by atoms with E-state index in [1.807, 2.05) is 31.2 Å². The molecule has 1 saturated heterocycles. The second-order valence-electron chi connectivity index (χ2n) is 7.05. The van der Waals surface area contributed by atoms with Crippen molar-refractivity contribution in [3.63, 3.8) is 0 Å². The van der Waals surface area contributed by atoms with Crippen LogP contribution in [0.4, 0.5) is 0 Å². The van der Waals surface area contributed by atoms with Gasteiger partial charge in [-0.05, 0) is 62.4 Å². The third-order valence-corrected chi connectivity index (χ3v) is 5.18. The first kappa shape index (κ1) is 17.7. The van der Waals surface area contributed by atoms with E-state index in [0.717, 1.165) is 43.2 Å². The Kier molecular flexibility index (Phi) is 6.24. The lowest BCUT2D eigenvalue weighted by Crippen LogP contribution is -2.40. The molecule has 1 fully saturated rings. The van der Waals surface area contributed by atoms with Gasteiger partial charge in [-0.1, -0.05) is 48.5 Å². The minimum Gasteiger partial charge on any atom is -0.351 e. The van der Waals surface area contributed by atoms with Gasteiger partial charge in [0.25, 0.3) is 5.91 Å². The lowest BCUT2D eigenvalue weighted by atomic mass is 9.90. The minimum atomic E-state index is 0.0389. The molecule has 2 aromatic carbocycles. The molecule has 0 saturated carbocycles. The fourth-order valence-corrected chi connectivity index (χ4v) is 3.61. The summed E-state index contributed by atoms with van der Waals surface area (Å²) in [4.78, 5) is 14.7. The Morgan fingerprint density at radius 2 is 1.72 bits per heavy atom. The third kappa shape index (κ3) is 5.17. The largest absolute Gasteiger partial charge is 0.351 e. The average Bonchev–Trinajstić information content (AvgIpc) is 2.64. The number of likely N-dealkylation sites (tertiary alicyclic amines) is 1. The molecule has 3 nitrogen and oxygen atoms in total. The number of nitrogens with one attached hydrogen (secondary N) is 1. The van der Waals surface area contributed by atoms with E-state index in [-0.39, 0.29) is 5.91 Å². The summed E-state index contributed by atoms with van der Waals surface area (Å²) < 4.78 is 0. The molecule has 3 rings (SSSR count). The van der Waals surface area contributed by atoms with Gasteiger partial charge in [0.15, 0.2) is 0 Å². The van der Waals surface area contributed by atoms with Crippen LogP contribution in [-0.4, -0.2) is 37.0 Å². The normalized spacial score (nSPS) is 15.9. The summed E-state index contributed by atoms with van der Waals surface area (Å²) in [7, 11) is 0. The van der Waals surface area contributed by atoms with Crippen LogP contribution < -0.4 is 5.32 Å². The predicted octanol–water partition coefficient (Wildman–Crippen LogP) is 3.68. The highest BCUT2D eigenvalue weighted by molar-refractivity contribution is 5.95. The van der Waals surface area contributed by atoms with Gasteiger partial charge in [-0.2, -0.15) is 0 Å². The lowest BCUT2D eigenvalue weighted by Gasteiger charge is -2.32. The molecule has 1 amide bonds. The molecule has 25 heavy (non-hydrogen) atoms. The van der Waals surface area contributed by atoms with Gasteiger partial charge in [0, 0.05) is 18.7 Å². The van der Waals surface area contributed by atoms with Crippen LogP contribution in [0.3, 0.4) is 0 Å². The van der Waals surface area contributed by atoms with Crippen molar-refractivity contribution >= 4 is 5.91 Å². The van der Waals surface area contributed by atoms with Crippen molar-refractivity contribution in [3.8, 4) is 0 Å². The number of hydrogen-bond donors (Lipinski definition) is 1. The van der Waals surface area contributed by atoms with Crippen molar-refractivity contribution in [1.29, 1.82) is 0 Å². The number of nitrogens with zero attached hydrogens (tertiary/aromatic N) is 1. The van der Waals surface area contributed by atoms with Crippen molar-refractivity contribution in [1.82, 2.24) is 10.2 Å². The zero-order valence-corrected chi connectivity index (χ0v) is 15.1. The molecule has 0 aliphatic carbocycles. The van der Waals surface area contributed by atoms with Gasteiger partial charge in [0.1, 0.15) is 0 Å². The third-order valence-electron chi connectivity index (χ3n) is 5.18. The van der Waals surface area contributed by atoms with Crippen LogP contribution in [0.2, 0.25) is 0 Å². The summed E-state index contributed by atoms with van der Waals surface area (Å²) in [5.41, 5.74) is 3.26. The van der Waals surface area contributed by atoms with Gasteiger partial charge in [-0.15, -0.1) is 0 Å². The predicted molar refractivity (Wildman–Crippen MR) is 103 cm³/mol. The fraction of sp³-hybridized carbons (Fsp3) is 0.409. The molecule has 0 unspecified atom stereocenters. The molecule has 1 aliphatic rings. The molecule has 0 bridgehead atoms. The summed E-state index contributed by atoms with van der Waals surface area (Å²) in [6.45, 7) is 5.91. The Labute approximate surface area is 151 Å². The van der Waals surface area contributed by atoms with Crippen molar-refractivity contribution < 1.29 is 4.79 Å². The summed E-state index contributed by atoms with van der Waals surface area (Å²) in [5, 5.41) is 3.06. The van der Waals surface area contributed by atoms with Crippen LogP contribution in [-0.2, 0) is 6.42 Å². The number of hydrogen-bond acceptors (Lipinski definition) is 2.